The summed E-state index contributed by atoms with van der Waals surface area (Å²) in [6.45, 7) is 6.04. The SMILES string of the molecule is COCC1CCCN(C(=O)N2CCNCC2)C1. The first-order valence-electron chi connectivity index (χ1n) is 6.55. The second-order valence-electron chi connectivity index (χ2n) is 4.93. The molecule has 0 aliphatic carbocycles. The molecule has 1 atom stereocenters. The molecule has 1 unspecified atom stereocenters. The molecule has 2 rings (SSSR count). The van der Waals surface area contributed by atoms with Crippen molar-refractivity contribution < 1.29 is 9.53 Å². The van der Waals surface area contributed by atoms with Gasteiger partial charge in [0, 0.05) is 52.3 Å². The lowest BCUT2D eigenvalue weighted by molar-refractivity contribution is 0.0857. The van der Waals surface area contributed by atoms with E-state index >= 15 is 0 Å². The monoisotopic (exact) mass is 241 g/mol. The van der Waals surface area contributed by atoms with E-state index in [4.69, 9.17) is 4.74 Å². The number of hydrogen-bond donors (Lipinski definition) is 1. The number of rotatable bonds is 2. The van der Waals surface area contributed by atoms with Gasteiger partial charge in [-0.15, -0.1) is 0 Å². The molecule has 2 amide bonds. The summed E-state index contributed by atoms with van der Waals surface area (Å²) in [5.74, 6) is 0.514. The molecule has 0 spiro atoms. The maximum atomic E-state index is 12.3. The molecule has 2 aliphatic rings. The number of methoxy groups -OCH3 is 1. The molecular weight excluding hydrogens is 218 g/mol. The summed E-state index contributed by atoms with van der Waals surface area (Å²) in [5.41, 5.74) is 0. The Kier molecular flexibility index (Phi) is 4.62. The van der Waals surface area contributed by atoms with E-state index in [2.05, 4.69) is 5.32 Å². The summed E-state index contributed by atoms with van der Waals surface area (Å²) in [4.78, 5) is 16.2. The van der Waals surface area contributed by atoms with E-state index in [9.17, 15) is 4.79 Å². The Bertz CT molecular complexity index is 252. The first-order valence-corrected chi connectivity index (χ1v) is 6.55. The third-order valence-corrected chi connectivity index (χ3v) is 3.58. The van der Waals surface area contributed by atoms with Gasteiger partial charge < -0.3 is 19.9 Å². The highest BCUT2D eigenvalue weighted by Crippen LogP contribution is 2.18. The van der Waals surface area contributed by atoms with Crippen LogP contribution in [0.15, 0.2) is 0 Å². The predicted octanol–water partition coefficient (Wildman–Crippen LogP) is 0.370. The summed E-state index contributed by atoms with van der Waals surface area (Å²) in [6, 6.07) is 0.215. The molecule has 2 heterocycles. The van der Waals surface area contributed by atoms with Crippen LogP contribution in [0.1, 0.15) is 12.8 Å². The number of piperidine rings is 1. The van der Waals surface area contributed by atoms with Crippen molar-refractivity contribution >= 4 is 6.03 Å². The zero-order valence-corrected chi connectivity index (χ0v) is 10.7. The predicted molar refractivity (Wildman–Crippen MR) is 66.0 cm³/mol. The number of carbonyl (C=O) groups excluding carboxylic acids is 1. The minimum atomic E-state index is 0.215. The summed E-state index contributed by atoms with van der Waals surface area (Å²) < 4.78 is 5.19. The average molecular weight is 241 g/mol. The standard InChI is InChI=1S/C12H23N3O2/c1-17-10-11-3-2-6-15(9-11)12(16)14-7-4-13-5-8-14/h11,13H,2-10H2,1H3. The highest BCUT2D eigenvalue weighted by Gasteiger charge is 2.27. The first kappa shape index (κ1) is 12.6. The molecular formula is C12H23N3O2. The molecule has 2 fully saturated rings. The zero-order chi connectivity index (χ0) is 12.1. The second-order valence-corrected chi connectivity index (χ2v) is 4.93. The van der Waals surface area contributed by atoms with E-state index in [0.29, 0.717) is 5.92 Å². The molecule has 17 heavy (non-hydrogen) atoms. The van der Waals surface area contributed by atoms with Crippen molar-refractivity contribution in [1.82, 2.24) is 15.1 Å². The Hall–Kier alpha value is -0.810. The summed E-state index contributed by atoms with van der Waals surface area (Å²) >= 11 is 0. The van der Waals surface area contributed by atoms with Crippen LogP contribution in [0.2, 0.25) is 0 Å². The maximum absolute atomic E-state index is 12.3. The van der Waals surface area contributed by atoms with Gasteiger partial charge in [-0.1, -0.05) is 0 Å². The van der Waals surface area contributed by atoms with Crippen molar-refractivity contribution in [3.05, 3.63) is 0 Å². The van der Waals surface area contributed by atoms with Crippen molar-refractivity contribution in [2.45, 2.75) is 12.8 Å². The Morgan fingerprint density at radius 3 is 2.76 bits per heavy atom. The van der Waals surface area contributed by atoms with Gasteiger partial charge in [0.25, 0.3) is 0 Å². The number of carbonyl (C=O) groups is 1. The van der Waals surface area contributed by atoms with Crippen LogP contribution >= 0.6 is 0 Å². The Morgan fingerprint density at radius 2 is 2.06 bits per heavy atom. The van der Waals surface area contributed by atoms with Crippen molar-refractivity contribution in [3.8, 4) is 0 Å². The largest absolute Gasteiger partial charge is 0.384 e. The van der Waals surface area contributed by atoms with Gasteiger partial charge in [-0.2, -0.15) is 0 Å². The molecule has 0 aromatic heterocycles. The number of nitrogens with one attached hydrogen (secondary N) is 1. The highest BCUT2D eigenvalue weighted by atomic mass is 16.5. The number of likely N-dealkylation sites (tertiary alicyclic amines) is 1. The third-order valence-electron chi connectivity index (χ3n) is 3.58. The number of hydrogen-bond acceptors (Lipinski definition) is 3. The molecule has 2 saturated heterocycles. The number of ether oxygens (including phenoxy) is 1. The van der Waals surface area contributed by atoms with Gasteiger partial charge in [-0.3, -0.25) is 0 Å². The molecule has 2 aliphatic heterocycles. The van der Waals surface area contributed by atoms with Crippen LogP contribution in [0, 0.1) is 5.92 Å². The molecule has 5 heteroatoms. The fourth-order valence-electron chi connectivity index (χ4n) is 2.67. The van der Waals surface area contributed by atoms with Gasteiger partial charge in [-0.25, -0.2) is 4.79 Å². The van der Waals surface area contributed by atoms with Gasteiger partial charge >= 0.3 is 6.03 Å². The van der Waals surface area contributed by atoms with Crippen LogP contribution in [0.25, 0.3) is 0 Å². The Labute approximate surface area is 103 Å². The lowest BCUT2D eigenvalue weighted by Crippen LogP contribution is -2.53. The van der Waals surface area contributed by atoms with Gasteiger partial charge in [0.1, 0.15) is 0 Å². The molecule has 0 aromatic carbocycles. The Balaban J connectivity index is 1.85. The minimum Gasteiger partial charge on any atom is -0.384 e. The quantitative estimate of drug-likeness (QED) is 0.760. The molecule has 0 bridgehead atoms. The van der Waals surface area contributed by atoms with Gasteiger partial charge in [0.2, 0.25) is 0 Å². The maximum Gasteiger partial charge on any atom is 0.320 e. The van der Waals surface area contributed by atoms with E-state index in [-0.39, 0.29) is 6.03 Å². The molecule has 98 valence electrons. The van der Waals surface area contributed by atoms with Crippen LogP contribution in [0.3, 0.4) is 0 Å². The Morgan fingerprint density at radius 1 is 1.29 bits per heavy atom. The van der Waals surface area contributed by atoms with Gasteiger partial charge in [0.05, 0.1) is 6.61 Å². The number of nitrogens with zero attached hydrogens (tertiary/aromatic N) is 2. The molecule has 0 radical (unpaired) electrons. The third kappa shape index (κ3) is 3.33. The smallest absolute Gasteiger partial charge is 0.320 e. The van der Waals surface area contributed by atoms with Crippen LogP contribution in [0.5, 0.6) is 0 Å². The van der Waals surface area contributed by atoms with Crippen LogP contribution in [-0.2, 0) is 4.74 Å². The summed E-state index contributed by atoms with van der Waals surface area (Å²) in [7, 11) is 1.73. The zero-order valence-electron chi connectivity index (χ0n) is 10.7. The molecule has 1 N–H and O–H groups in total. The van der Waals surface area contributed by atoms with E-state index in [1.165, 1.54) is 6.42 Å². The molecule has 5 nitrogen and oxygen atoms in total. The summed E-state index contributed by atoms with van der Waals surface area (Å²) in [6.07, 6.45) is 2.28. The van der Waals surface area contributed by atoms with Crippen molar-refractivity contribution in [1.29, 1.82) is 0 Å². The number of piperazine rings is 1. The van der Waals surface area contributed by atoms with Crippen LogP contribution in [0.4, 0.5) is 4.79 Å². The van der Waals surface area contributed by atoms with E-state index in [1.54, 1.807) is 7.11 Å². The van der Waals surface area contributed by atoms with E-state index in [0.717, 1.165) is 52.3 Å². The van der Waals surface area contributed by atoms with Crippen molar-refractivity contribution in [3.63, 3.8) is 0 Å². The average Bonchev–Trinajstić information content (AvgIpc) is 2.40. The normalized spacial score (nSPS) is 26.1. The topological polar surface area (TPSA) is 44.8 Å². The summed E-state index contributed by atoms with van der Waals surface area (Å²) in [5, 5.41) is 3.27. The minimum absolute atomic E-state index is 0.215. The second kappa shape index (κ2) is 6.21. The van der Waals surface area contributed by atoms with Crippen molar-refractivity contribution in [2.24, 2.45) is 5.92 Å². The van der Waals surface area contributed by atoms with Crippen molar-refractivity contribution in [2.75, 3.05) is 53.0 Å². The van der Waals surface area contributed by atoms with Gasteiger partial charge in [-0.05, 0) is 12.8 Å². The molecule has 0 aromatic rings. The molecule has 0 saturated carbocycles. The number of amides is 2. The lowest BCUT2D eigenvalue weighted by atomic mass is 9.99. The van der Waals surface area contributed by atoms with E-state index < -0.39 is 0 Å². The fourth-order valence-corrected chi connectivity index (χ4v) is 2.67. The number of urea groups is 1. The first-order chi connectivity index (χ1) is 8.31. The van der Waals surface area contributed by atoms with Gasteiger partial charge in [0.15, 0.2) is 0 Å². The van der Waals surface area contributed by atoms with E-state index in [1.807, 2.05) is 9.80 Å². The van der Waals surface area contributed by atoms with Crippen LogP contribution in [-0.4, -0.2) is 68.8 Å². The fraction of sp³-hybridized carbons (Fsp3) is 0.917. The lowest BCUT2D eigenvalue weighted by Gasteiger charge is -2.37. The highest BCUT2D eigenvalue weighted by molar-refractivity contribution is 5.74. The van der Waals surface area contributed by atoms with Crippen LogP contribution < -0.4 is 5.32 Å².